The molecular formula is C14H20BrNS. The van der Waals surface area contributed by atoms with Crippen LogP contribution in [0.3, 0.4) is 0 Å². The smallest absolute Gasteiger partial charge is 0.0686 e. The highest BCUT2D eigenvalue weighted by molar-refractivity contribution is 9.10. The van der Waals surface area contributed by atoms with Gasteiger partial charge in [0.2, 0.25) is 0 Å². The Kier molecular flexibility index (Phi) is 6.14. The second kappa shape index (κ2) is 7.12. The van der Waals surface area contributed by atoms with Gasteiger partial charge in [0.15, 0.2) is 0 Å². The molecule has 3 heteroatoms. The molecule has 1 nitrogen and oxygen atoms in total. The third-order valence-electron chi connectivity index (χ3n) is 2.56. The Morgan fingerprint density at radius 3 is 2.71 bits per heavy atom. The van der Waals surface area contributed by atoms with Crippen LogP contribution in [0.4, 0.5) is 0 Å². The van der Waals surface area contributed by atoms with Crippen LogP contribution in [0.2, 0.25) is 0 Å². The summed E-state index contributed by atoms with van der Waals surface area (Å²) in [6, 6.07) is 4.27. The second-order valence-electron chi connectivity index (χ2n) is 4.00. The monoisotopic (exact) mass is 313 g/mol. The zero-order chi connectivity index (χ0) is 12.8. The Morgan fingerprint density at radius 1 is 1.41 bits per heavy atom. The molecule has 0 saturated carbocycles. The van der Waals surface area contributed by atoms with Crippen LogP contribution in [0.1, 0.15) is 31.4 Å². The minimum absolute atomic E-state index is 1.03. The lowest BCUT2D eigenvalue weighted by Gasteiger charge is -2.14. The average Bonchev–Trinajstić information content (AvgIpc) is 2.33. The molecule has 0 saturated heterocycles. The fraction of sp³-hybridized carbons (Fsp3) is 0.429. The Labute approximate surface area is 117 Å². The summed E-state index contributed by atoms with van der Waals surface area (Å²) in [5.41, 5.74) is 2.64. The molecule has 0 unspecified atom stereocenters. The van der Waals surface area contributed by atoms with Crippen LogP contribution in [-0.4, -0.2) is 6.54 Å². The Morgan fingerprint density at radius 2 is 2.12 bits per heavy atom. The normalized spacial score (nSPS) is 11.7. The molecule has 0 aliphatic carbocycles. The zero-order valence-electron chi connectivity index (χ0n) is 10.9. The number of hydrogen-bond acceptors (Lipinski definition) is 2. The predicted molar refractivity (Wildman–Crippen MR) is 81.5 cm³/mol. The minimum atomic E-state index is 1.03. The van der Waals surface area contributed by atoms with Crippen molar-refractivity contribution in [3.05, 3.63) is 38.8 Å². The number of benzene rings is 1. The van der Waals surface area contributed by atoms with Crippen LogP contribution in [-0.2, 0) is 0 Å². The predicted octanol–water partition coefficient (Wildman–Crippen LogP) is 5.02. The summed E-state index contributed by atoms with van der Waals surface area (Å²) in [4.78, 5) is 1.34. The third kappa shape index (κ3) is 4.07. The highest BCUT2D eigenvalue weighted by atomic mass is 79.9. The van der Waals surface area contributed by atoms with Crippen LogP contribution in [0.5, 0.6) is 0 Å². The van der Waals surface area contributed by atoms with Gasteiger partial charge in [-0.3, -0.25) is 0 Å². The number of aryl methyl sites for hydroxylation is 1. The number of rotatable bonds is 5. The van der Waals surface area contributed by atoms with E-state index in [0.29, 0.717) is 0 Å². The molecule has 1 aromatic carbocycles. The molecule has 0 heterocycles. The number of hydrogen-bond donors (Lipinski definition) is 1. The van der Waals surface area contributed by atoms with Crippen LogP contribution >= 0.6 is 27.7 Å². The van der Waals surface area contributed by atoms with Crippen LogP contribution in [0.15, 0.2) is 32.6 Å². The summed E-state index contributed by atoms with van der Waals surface area (Å²) in [5.74, 6) is 0. The number of nitrogens with one attached hydrogen (secondary N) is 1. The van der Waals surface area contributed by atoms with Gasteiger partial charge in [-0.25, -0.2) is 0 Å². The molecule has 17 heavy (non-hydrogen) atoms. The van der Waals surface area contributed by atoms with Crippen molar-refractivity contribution in [2.24, 2.45) is 0 Å². The lowest BCUT2D eigenvalue weighted by Crippen LogP contribution is -2.11. The summed E-state index contributed by atoms with van der Waals surface area (Å²) >= 11 is 5.41. The molecule has 94 valence electrons. The molecule has 0 amide bonds. The van der Waals surface area contributed by atoms with Crippen molar-refractivity contribution < 1.29 is 0 Å². The highest BCUT2D eigenvalue weighted by Crippen LogP contribution is 2.34. The molecule has 0 aliphatic heterocycles. The molecule has 0 radical (unpaired) electrons. The van der Waals surface area contributed by atoms with Crippen molar-refractivity contribution in [1.29, 1.82) is 0 Å². The van der Waals surface area contributed by atoms with Crippen molar-refractivity contribution in [3.8, 4) is 0 Å². The van der Waals surface area contributed by atoms with Gasteiger partial charge in [-0.15, -0.1) is 0 Å². The molecule has 0 fully saturated rings. The van der Waals surface area contributed by atoms with Crippen LogP contribution < -0.4 is 5.32 Å². The second-order valence-corrected chi connectivity index (χ2v) is 5.91. The minimum Gasteiger partial charge on any atom is -0.380 e. The van der Waals surface area contributed by atoms with E-state index in [4.69, 9.17) is 0 Å². The van der Waals surface area contributed by atoms with E-state index in [1.54, 1.807) is 0 Å². The van der Waals surface area contributed by atoms with Crippen LogP contribution in [0, 0.1) is 13.8 Å². The van der Waals surface area contributed by atoms with E-state index in [0.717, 1.165) is 13.0 Å². The summed E-state index contributed by atoms with van der Waals surface area (Å²) in [7, 11) is 0. The highest BCUT2D eigenvalue weighted by Gasteiger charge is 2.08. The van der Waals surface area contributed by atoms with Gasteiger partial charge in [-0.05, 0) is 44.4 Å². The first kappa shape index (κ1) is 14.7. The largest absolute Gasteiger partial charge is 0.380 e. The van der Waals surface area contributed by atoms with Gasteiger partial charge in [-0.2, -0.15) is 0 Å². The fourth-order valence-electron chi connectivity index (χ4n) is 1.52. The first-order valence-corrected chi connectivity index (χ1v) is 7.54. The quantitative estimate of drug-likeness (QED) is 0.766. The molecule has 0 bridgehead atoms. The molecule has 1 aromatic rings. The van der Waals surface area contributed by atoms with Gasteiger partial charge >= 0.3 is 0 Å². The molecule has 1 rings (SSSR count). The number of allylic oxidation sites excluding steroid dienone is 1. The van der Waals surface area contributed by atoms with Crippen molar-refractivity contribution >= 4 is 27.7 Å². The van der Waals surface area contributed by atoms with Crippen molar-refractivity contribution in [2.45, 2.75) is 39.0 Å². The van der Waals surface area contributed by atoms with E-state index < -0.39 is 0 Å². The number of thioether (sulfide) groups is 1. The standard InChI is InChI=1S/C14H20BrNS/c1-5-9-16-13(6-2)17-14-10(3)7-8-12(15)11(14)4/h6-8,16H,5,9H2,1-4H3/b13-6+. The van der Waals surface area contributed by atoms with E-state index >= 15 is 0 Å². The first-order chi connectivity index (χ1) is 8.10. The topological polar surface area (TPSA) is 12.0 Å². The van der Waals surface area contributed by atoms with Gasteiger partial charge in [0, 0.05) is 15.9 Å². The molecule has 0 atom stereocenters. The van der Waals surface area contributed by atoms with Crippen molar-refractivity contribution in [2.75, 3.05) is 6.54 Å². The molecule has 0 spiro atoms. The molecule has 1 N–H and O–H groups in total. The van der Waals surface area contributed by atoms with Gasteiger partial charge in [0.05, 0.1) is 5.03 Å². The van der Waals surface area contributed by atoms with Crippen LogP contribution in [0.25, 0.3) is 0 Å². The maximum Gasteiger partial charge on any atom is 0.0686 e. The summed E-state index contributed by atoms with van der Waals surface area (Å²) in [6.07, 6.45) is 3.29. The first-order valence-electron chi connectivity index (χ1n) is 5.93. The van der Waals surface area contributed by atoms with Gasteiger partial charge < -0.3 is 5.32 Å². The molecule has 0 aliphatic rings. The van der Waals surface area contributed by atoms with Gasteiger partial charge in [0.1, 0.15) is 0 Å². The van der Waals surface area contributed by atoms with E-state index in [1.807, 2.05) is 11.8 Å². The summed E-state index contributed by atoms with van der Waals surface area (Å²) < 4.78 is 1.18. The Bertz CT molecular complexity index is 413. The summed E-state index contributed by atoms with van der Waals surface area (Å²) in [6.45, 7) is 9.61. The maximum atomic E-state index is 3.59. The zero-order valence-corrected chi connectivity index (χ0v) is 13.3. The van der Waals surface area contributed by atoms with Gasteiger partial charge in [0.25, 0.3) is 0 Å². The lowest BCUT2D eigenvalue weighted by molar-refractivity contribution is 0.799. The van der Waals surface area contributed by atoms with E-state index in [2.05, 4.69) is 67.2 Å². The third-order valence-corrected chi connectivity index (χ3v) is 4.85. The maximum absolute atomic E-state index is 3.59. The summed E-state index contributed by atoms with van der Waals surface area (Å²) in [5, 5.41) is 4.68. The molecule has 0 aromatic heterocycles. The average molecular weight is 314 g/mol. The van der Waals surface area contributed by atoms with E-state index in [1.165, 1.54) is 25.5 Å². The Hall–Kier alpha value is -0.410. The van der Waals surface area contributed by atoms with Crippen molar-refractivity contribution in [3.63, 3.8) is 0 Å². The number of halogens is 1. The van der Waals surface area contributed by atoms with Crippen molar-refractivity contribution in [1.82, 2.24) is 5.32 Å². The van der Waals surface area contributed by atoms with E-state index in [9.17, 15) is 0 Å². The van der Waals surface area contributed by atoms with Gasteiger partial charge in [-0.1, -0.05) is 46.8 Å². The molecular weight excluding hydrogens is 294 g/mol. The Balaban J connectivity index is 2.90. The van der Waals surface area contributed by atoms with E-state index in [-0.39, 0.29) is 0 Å². The fourth-order valence-corrected chi connectivity index (χ4v) is 2.98. The lowest BCUT2D eigenvalue weighted by atomic mass is 10.2. The SMILES string of the molecule is C/C=C(\NCCC)Sc1c(C)ccc(Br)c1C.